The third-order valence-corrected chi connectivity index (χ3v) is 7.08. The Bertz CT molecular complexity index is 1220. The van der Waals surface area contributed by atoms with Crippen molar-refractivity contribution in [2.24, 2.45) is 0 Å². The summed E-state index contributed by atoms with van der Waals surface area (Å²) in [4.78, 5) is 27.8. The van der Waals surface area contributed by atoms with Crippen LogP contribution < -0.4 is 15.0 Å². The van der Waals surface area contributed by atoms with E-state index in [2.05, 4.69) is 40.5 Å². The monoisotopic (exact) mass is 528 g/mol. The Balaban J connectivity index is 1.54. The Hall–Kier alpha value is -3.80. The molecule has 6 nitrogen and oxygen atoms in total. The molecular formula is C33H40N2O4. The van der Waals surface area contributed by atoms with Gasteiger partial charge in [-0.05, 0) is 68.4 Å². The minimum atomic E-state index is -0.257. The van der Waals surface area contributed by atoms with E-state index in [-0.39, 0.29) is 24.3 Å². The molecule has 0 bridgehead atoms. The number of ether oxygens (including phenoxy) is 2. The zero-order valence-corrected chi connectivity index (χ0v) is 23.2. The lowest BCUT2D eigenvalue weighted by atomic mass is 9.95. The molecule has 1 atom stereocenters. The summed E-state index contributed by atoms with van der Waals surface area (Å²) >= 11 is 0. The van der Waals surface area contributed by atoms with Gasteiger partial charge in [0.25, 0.3) is 0 Å². The second-order valence-corrected chi connectivity index (χ2v) is 9.87. The molecule has 3 aromatic carbocycles. The van der Waals surface area contributed by atoms with Gasteiger partial charge < -0.3 is 19.7 Å². The molecule has 1 aliphatic rings. The molecule has 1 heterocycles. The highest BCUT2D eigenvalue weighted by atomic mass is 16.5. The number of benzene rings is 3. The van der Waals surface area contributed by atoms with Crippen LogP contribution in [-0.4, -0.2) is 38.2 Å². The van der Waals surface area contributed by atoms with Crippen LogP contribution in [0.25, 0.3) is 0 Å². The first kappa shape index (κ1) is 28.2. The molecule has 6 heteroatoms. The van der Waals surface area contributed by atoms with Gasteiger partial charge in [-0.15, -0.1) is 0 Å². The fraction of sp³-hybridized carbons (Fsp3) is 0.394. The number of hydrogen-bond donors (Lipinski definition) is 1. The number of para-hydroxylation sites is 1. The summed E-state index contributed by atoms with van der Waals surface area (Å²) in [5, 5.41) is 3.33. The number of rotatable bonds is 12. The average molecular weight is 529 g/mol. The van der Waals surface area contributed by atoms with Gasteiger partial charge >= 0.3 is 5.97 Å². The van der Waals surface area contributed by atoms with Gasteiger partial charge in [0.15, 0.2) is 0 Å². The summed E-state index contributed by atoms with van der Waals surface area (Å²) in [6, 6.07) is 24.2. The van der Waals surface area contributed by atoms with Crippen molar-refractivity contribution in [2.75, 3.05) is 31.2 Å². The number of aryl methyl sites for hydroxylation is 1. The molecule has 0 saturated carbocycles. The fourth-order valence-electron chi connectivity index (χ4n) is 5.21. The summed E-state index contributed by atoms with van der Waals surface area (Å²) in [5.74, 6) is 0.432. The number of esters is 1. The maximum atomic E-state index is 13.5. The van der Waals surface area contributed by atoms with E-state index in [0.717, 1.165) is 35.3 Å². The van der Waals surface area contributed by atoms with E-state index in [9.17, 15) is 9.59 Å². The molecule has 1 N–H and O–H groups in total. The molecule has 3 aromatic rings. The molecule has 1 saturated heterocycles. The Morgan fingerprint density at radius 2 is 1.64 bits per heavy atom. The molecule has 0 aliphatic carbocycles. The van der Waals surface area contributed by atoms with Crippen LogP contribution in [0.15, 0.2) is 72.8 Å². The van der Waals surface area contributed by atoms with E-state index in [1.165, 1.54) is 24.9 Å². The van der Waals surface area contributed by atoms with Crippen molar-refractivity contribution in [3.63, 3.8) is 0 Å². The lowest BCUT2D eigenvalue weighted by molar-refractivity contribution is -0.143. The summed E-state index contributed by atoms with van der Waals surface area (Å²) in [6.45, 7) is 6.68. The van der Waals surface area contributed by atoms with Crippen LogP contribution in [-0.2, 0) is 27.2 Å². The quantitative estimate of drug-likeness (QED) is 0.291. The number of piperidine rings is 1. The second kappa shape index (κ2) is 14.4. The fourth-order valence-corrected chi connectivity index (χ4v) is 5.21. The highest BCUT2D eigenvalue weighted by Crippen LogP contribution is 2.33. The first-order chi connectivity index (χ1) is 19.1. The van der Waals surface area contributed by atoms with Gasteiger partial charge in [-0.3, -0.25) is 9.59 Å². The van der Waals surface area contributed by atoms with Crippen molar-refractivity contribution >= 4 is 17.6 Å². The van der Waals surface area contributed by atoms with Gasteiger partial charge in [0, 0.05) is 30.8 Å². The van der Waals surface area contributed by atoms with Crippen molar-refractivity contribution in [1.29, 1.82) is 0 Å². The molecule has 1 unspecified atom stereocenters. The number of amides is 1. The molecule has 0 spiro atoms. The predicted octanol–water partition coefficient (Wildman–Crippen LogP) is 6.02. The van der Waals surface area contributed by atoms with Crippen molar-refractivity contribution < 1.29 is 19.1 Å². The van der Waals surface area contributed by atoms with Crippen LogP contribution in [0.2, 0.25) is 0 Å². The molecular weight excluding hydrogens is 488 g/mol. The molecule has 0 aromatic heterocycles. The van der Waals surface area contributed by atoms with Crippen molar-refractivity contribution in [3.05, 3.63) is 95.1 Å². The number of hydrogen-bond acceptors (Lipinski definition) is 5. The van der Waals surface area contributed by atoms with E-state index < -0.39 is 0 Å². The van der Waals surface area contributed by atoms with Gasteiger partial charge in [-0.25, -0.2) is 0 Å². The van der Waals surface area contributed by atoms with E-state index in [0.29, 0.717) is 31.8 Å². The highest BCUT2D eigenvalue weighted by Gasteiger charge is 2.23. The first-order valence-corrected chi connectivity index (χ1v) is 14.2. The minimum absolute atomic E-state index is 0.0565. The van der Waals surface area contributed by atoms with E-state index in [1.807, 2.05) is 49.4 Å². The first-order valence-electron chi connectivity index (χ1n) is 14.2. The zero-order chi connectivity index (χ0) is 27.5. The molecule has 206 valence electrons. The Kier molecular flexibility index (Phi) is 10.4. The van der Waals surface area contributed by atoms with Crippen LogP contribution in [0.1, 0.15) is 67.8 Å². The van der Waals surface area contributed by atoms with Gasteiger partial charge in [-0.1, -0.05) is 60.7 Å². The van der Waals surface area contributed by atoms with Crippen LogP contribution in [0, 0.1) is 0 Å². The molecule has 39 heavy (non-hydrogen) atoms. The topological polar surface area (TPSA) is 67.9 Å². The van der Waals surface area contributed by atoms with Crippen molar-refractivity contribution in [2.45, 2.75) is 58.4 Å². The number of carbonyl (C=O) groups is 2. The predicted molar refractivity (Wildman–Crippen MR) is 155 cm³/mol. The standard InChI is InChI=1S/C33H40N2O4/c1-3-38-30-23-25(17-18-26(30)19-20-32(37)39-4-2)24-31(36)34-33(27-13-7-5-8-14-27)28-15-9-10-16-29(28)35-21-11-6-12-22-35/h5,7-10,13-18,23,33H,3-4,6,11-12,19-22,24H2,1-2H3,(H,34,36). The molecule has 1 aliphatic heterocycles. The van der Waals surface area contributed by atoms with E-state index in [4.69, 9.17) is 9.47 Å². The highest BCUT2D eigenvalue weighted by molar-refractivity contribution is 5.80. The molecule has 1 amide bonds. The number of nitrogens with zero attached hydrogens (tertiary/aromatic N) is 1. The molecule has 0 radical (unpaired) electrons. The number of carbonyl (C=O) groups excluding carboxylic acids is 2. The molecule has 4 rings (SSSR count). The normalized spacial score (nSPS) is 13.9. The number of nitrogens with one attached hydrogen (secondary N) is 1. The zero-order valence-electron chi connectivity index (χ0n) is 23.2. The Labute approximate surface area is 232 Å². The summed E-state index contributed by atoms with van der Waals surface area (Å²) in [6.07, 6.45) is 4.70. The van der Waals surface area contributed by atoms with Crippen molar-refractivity contribution in [1.82, 2.24) is 5.32 Å². The maximum absolute atomic E-state index is 13.5. The summed E-state index contributed by atoms with van der Waals surface area (Å²) < 4.78 is 10.9. The van der Waals surface area contributed by atoms with Crippen LogP contribution in [0.5, 0.6) is 5.75 Å². The Morgan fingerprint density at radius 1 is 0.897 bits per heavy atom. The maximum Gasteiger partial charge on any atom is 0.306 e. The van der Waals surface area contributed by atoms with Gasteiger partial charge in [0.2, 0.25) is 5.91 Å². The van der Waals surface area contributed by atoms with Crippen LogP contribution >= 0.6 is 0 Å². The minimum Gasteiger partial charge on any atom is -0.494 e. The third kappa shape index (κ3) is 7.85. The van der Waals surface area contributed by atoms with E-state index >= 15 is 0 Å². The summed E-state index contributed by atoms with van der Waals surface area (Å²) in [7, 11) is 0. The number of anilines is 1. The van der Waals surface area contributed by atoms with Gasteiger partial charge in [0.05, 0.1) is 25.7 Å². The average Bonchev–Trinajstić information content (AvgIpc) is 2.97. The molecule has 1 fully saturated rings. The lowest BCUT2D eigenvalue weighted by Gasteiger charge is -2.33. The largest absolute Gasteiger partial charge is 0.494 e. The second-order valence-electron chi connectivity index (χ2n) is 9.87. The van der Waals surface area contributed by atoms with E-state index in [1.54, 1.807) is 6.92 Å². The summed E-state index contributed by atoms with van der Waals surface area (Å²) in [5.41, 5.74) is 5.16. The smallest absolute Gasteiger partial charge is 0.306 e. The van der Waals surface area contributed by atoms with Gasteiger partial charge in [-0.2, -0.15) is 0 Å². The Morgan fingerprint density at radius 3 is 2.38 bits per heavy atom. The van der Waals surface area contributed by atoms with Crippen LogP contribution in [0.3, 0.4) is 0 Å². The van der Waals surface area contributed by atoms with Crippen molar-refractivity contribution in [3.8, 4) is 5.75 Å². The van der Waals surface area contributed by atoms with Gasteiger partial charge in [0.1, 0.15) is 5.75 Å². The third-order valence-electron chi connectivity index (χ3n) is 7.08. The SMILES string of the molecule is CCOC(=O)CCc1ccc(CC(=O)NC(c2ccccc2)c2ccccc2N2CCCCC2)cc1OCC. The van der Waals surface area contributed by atoms with Crippen LogP contribution in [0.4, 0.5) is 5.69 Å². The lowest BCUT2D eigenvalue weighted by Crippen LogP contribution is -2.34.